The number of carbonyl (C=O) groups is 2. The highest BCUT2D eigenvalue weighted by Crippen LogP contribution is 2.24. The van der Waals surface area contributed by atoms with Crippen LogP contribution in [0.3, 0.4) is 0 Å². The molecule has 1 aromatic carbocycles. The van der Waals surface area contributed by atoms with E-state index in [0.717, 1.165) is 18.7 Å². The number of likely N-dealkylation sites (tertiary alicyclic amines) is 2. The minimum Gasteiger partial charge on any atom is -0.354 e. The first kappa shape index (κ1) is 20.8. The van der Waals surface area contributed by atoms with Gasteiger partial charge < -0.3 is 10.2 Å². The molecule has 2 aliphatic heterocycles. The van der Waals surface area contributed by atoms with Crippen molar-refractivity contribution in [3.05, 3.63) is 35.4 Å². The second-order valence-corrected chi connectivity index (χ2v) is 9.38. The molecule has 1 aromatic rings. The van der Waals surface area contributed by atoms with Gasteiger partial charge in [0.2, 0.25) is 11.8 Å². The standard InChI is InChI=1S/C23H35N3O2/c1-17-7-9-19(10-8-17)14-25-15-20(12-21(25)27)22(28)24-16-23(3,4)26-11-5-6-18(2)13-26/h7-10,18,20H,5-6,11-16H2,1-4H3,(H,24,28). The van der Waals surface area contributed by atoms with Crippen molar-refractivity contribution in [1.82, 2.24) is 15.1 Å². The molecule has 2 unspecified atom stereocenters. The van der Waals surface area contributed by atoms with Crippen molar-refractivity contribution in [1.29, 1.82) is 0 Å². The Hall–Kier alpha value is -1.88. The molecule has 154 valence electrons. The molecule has 0 radical (unpaired) electrons. The largest absolute Gasteiger partial charge is 0.354 e. The number of hydrogen-bond acceptors (Lipinski definition) is 3. The molecule has 2 aliphatic rings. The Morgan fingerprint density at radius 1 is 1.21 bits per heavy atom. The molecule has 2 atom stereocenters. The number of nitrogens with zero attached hydrogens (tertiary/aromatic N) is 2. The first-order valence-corrected chi connectivity index (χ1v) is 10.6. The highest BCUT2D eigenvalue weighted by atomic mass is 16.2. The van der Waals surface area contributed by atoms with E-state index in [9.17, 15) is 9.59 Å². The quantitative estimate of drug-likeness (QED) is 0.819. The molecule has 2 saturated heterocycles. The number of carbonyl (C=O) groups excluding carboxylic acids is 2. The third kappa shape index (κ3) is 5.13. The van der Waals surface area contributed by atoms with Gasteiger partial charge in [0.1, 0.15) is 0 Å². The molecule has 5 heteroatoms. The maximum Gasteiger partial charge on any atom is 0.225 e. The molecule has 1 N–H and O–H groups in total. The van der Waals surface area contributed by atoms with Crippen molar-refractivity contribution < 1.29 is 9.59 Å². The molecule has 2 heterocycles. The average molecular weight is 386 g/mol. The summed E-state index contributed by atoms with van der Waals surface area (Å²) in [7, 11) is 0. The minimum absolute atomic E-state index is 0.0119. The zero-order valence-electron chi connectivity index (χ0n) is 17.8. The number of aryl methyl sites for hydroxylation is 1. The molecule has 28 heavy (non-hydrogen) atoms. The van der Waals surface area contributed by atoms with E-state index in [1.807, 2.05) is 4.90 Å². The predicted molar refractivity (Wildman–Crippen MR) is 112 cm³/mol. The fourth-order valence-corrected chi connectivity index (χ4v) is 4.31. The molecule has 0 bridgehead atoms. The van der Waals surface area contributed by atoms with Gasteiger partial charge in [0, 0.05) is 38.1 Å². The summed E-state index contributed by atoms with van der Waals surface area (Å²) in [5.74, 6) is 0.559. The van der Waals surface area contributed by atoms with Crippen LogP contribution in [-0.2, 0) is 16.1 Å². The summed E-state index contributed by atoms with van der Waals surface area (Å²) in [4.78, 5) is 29.4. The zero-order chi connectivity index (χ0) is 20.3. The third-order valence-electron chi connectivity index (χ3n) is 6.29. The smallest absolute Gasteiger partial charge is 0.225 e. The number of hydrogen-bond donors (Lipinski definition) is 1. The fraction of sp³-hybridized carbons (Fsp3) is 0.652. The number of amides is 2. The van der Waals surface area contributed by atoms with Crippen LogP contribution in [0.5, 0.6) is 0 Å². The second-order valence-electron chi connectivity index (χ2n) is 9.38. The number of benzene rings is 1. The molecule has 0 spiro atoms. The summed E-state index contributed by atoms with van der Waals surface area (Å²) in [5, 5.41) is 3.13. The van der Waals surface area contributed by atoms with Gasteiger partial charge in [-0.25, -0.2) is 0 Å². The molecule has 3 rings (SSSR count). The van der Waals surface area contributed by atoms with E-state index >= 15 is 0 Å². The van der Waals surface area contributed by atoms with Gasteiger partial charge in [-0.05, 0) is 51.6 Å². The lowest BCUT2D eigenvalue weighted by molar-refractivity contribution is -0.129. The van der Waals surface area contributed by atoms with Gasteiger partial charge in [-0.1, -0.05) is 36.8 Å². The highest BCUT2D eigenvalue weighted by molar-refractivity contribution is 5.89. The van der Waals surface area contributed by atoms with Crippen molar-refractivity contribution in [2.24, 2.45) is 11.8 Å². The molecular weight excluding hydrogens is 350 g/mol. The summed E-state index contributed by atoms with van der Waals surface area (Å²) >= 11 is 0. The average Bonchev–Trinajstić information content (AvgIpc) is 3.02. The van der Waals surface area contributed by atoms with E-state index in [1.165, 1.54) is 18.4 Å². The minimum atomic E-state index is -0.242. The van der Waals surface area contributed by atoms with E-state index in [1.54, 1.807) is 0 Å². The first-order chi connectivity index (χ1) is 13.2. The molecule has 0 aliphatic carbocycles. The van der Waals surface area contributed by atoms with Crippen molar-refractivity contribution in [2.45, 2.75) is 59.0 Å². The molecule has 0 saturated carbocycles. The maximum absolute atomic E-state index is 12.7. The monoisotopic (exact) mass is 385 g/mol. The van der Waals surface area contributed by atoms with E-state index < -0.39 is 0 Å². The fourth-order valence-electron chi connectivity index (χ4n) is 4.31. The topological polar surface area (TPSA) is 52.7 Å². The van der Waals surface area contributed by atoms with Crippen LogP contribution in [0.4, 0.5) is 0 Å². The molecular formula is C23H35N3O2. The lowest BCUT2D eigenvalue weighted by Crippen LogP contribution is -2.55. The normalized spacial score (nSPS) is 23.9. The van der Waals surface area contributed by atoms with Gasteiger partial charge in [0.05, 0.1) is 5.92 Å². The highest BCUT2D eigenvalue weighted by Gasteiger charge is 2.36. The predicted octanol–water partition coefficient (Wildman–Crippen LogP) is 2.97. The molecule has 0 aromatic heterocycles. The molecule has 5 nitrogen and oxygen atoms in total. The summed E-state index contributed by atoms with van der Waals surface area (Å²) in [6, 6.07) is 8.23. The number of rotatable bonds is 6. The zero-order valence-corrected chi connectivity index (χ0v) is 17.8. The Morgan fingerprint density at radius 2 is 1.93 bits per heavy atom. The van der Waals surface area contributed by atoms with Gasteiger partial charge in [0.25, 0.3) is 0 Å². The Balaban J connectivity index is 1.50. The van der Waals surface area contributed by atoms with Gasteiger partial charge in [-0.15, -0.1) is 0 Å². The number of nitrogens with one attached hydrogen (secondary N) is 1. The Kier molecular flexibility index (Phi) is 6.43. The van der Waals surface area contributed by atoms with E-state index in [-0.39, 0.29) is 23.3 Å². The third-order valence-corrected chi connectivity index (χ3v) is 6.29. The maximum atomic E-state index is 12.7. The summed E-state index contributed by atoms with van der Waals surface area (Å²) in [6.07, 6.45) is 2.84. The van der Waals surface area contributed by atoms with E-state index in [2.05, 4.69) is 62.2 Å². The lowest BCUT2D eigenvalue weighted by atomic mass is 9.93. The van der Waals surface area contributed by atoms with Gasteiger partial charge in [-0.2, -0.15) is 0 Å². The van der Waals surface area contributed by atoms with Crippen molar-refractivity contribution >= 4 is 11.8 Å². The van der Waals surface area contributed by atoms with E-state index in [4.69, 9.17) is 0 Å². The SMILES string of the molecule is Cc1ccc(CN2CC(C(=O)NCC(C)(C)N3CCCC(C)C3)CC2=O)cc1. The molecule has 2 amide bonds. The summed E-state index contributed by atoms with van der Waals surface area (Å²) in [6.45, 7) is 12.7. The van der Waals surface area contributed by atoms with Crippen molar-refractivity contribution in [3.63, 3.8) is 0 Å². The van der Waals surface area contributed by atoms with Crippen LogP contribution in [0.25, 0.3) is 0 Å². The Labute approximate surface area is 169 Å². The van der Waals surface area contributed by atoms with E-state index in [0.29, 0.717) is 32.0 Å². The van der Waals surface area contributed by atoms with Crippen molar-refractivity contribution in [3.8, 4) is 0 Å². The van der Waals surface area contributed by atoms with Crippen LogP contribution in [0.1, 0.15) is 51.2 Å². The van der Waals surface area contributed by atoms with Crippen molar-refractivity contribution in [2.75, 3.05) is 26.2 Å². The van der Waals surface area contributed by atoms with Crippen LogP contribution in [-0.4, -0.2) is 53.3 Å². The van der Waals surface area contributed by atoms with Gasteiger partial charge in [0.15, 0.2) is 0 Å². The summed E-state index contributed by atoms with van der Waals surface area (Å²) in [5.41, 5.74) is 2.26. The lowest BCUT2D eigenvalue weighted by Gasteiger charge is -2.43. The Morgan fingerprint density at radius 3 is 2.61 bits per heavy atom. The van der Waals surface area contributed by atoms with Crippen LogP contribution in [0.2, 0.25) is 0 Å². The molecule has 2 fully saturated rings. The summed E-state index contributed by atoms with van der Waals surface area (Å²) < 4.78 is 0. The van der Waals surface area contributed by atoms with Crippen LogP contribution in [0.15, 0.2) is 24.3 Å². The van der Waals surface area contributed by atoms with Crippen LogP contribution in [0, 0.1) is 18.8 Å². The Bertz CT molecular complexity index is 698. The number of piperidine rings is 1. The van der Waals surface area contributed by atoms with Gasteiger partial charge in [-0.3, -0.25) is 14.5 Å². The van der Waals surface area contributed by atoms with Crippen LogP contribution < -0.4 is 5.32 Å². The first-order valence-electron chi connectivity index (χ1n) is 10.6. The second kappa shape index (κ2) is 8.64. The van der Waals surface area contributed by atoms with Gasteiger partial charge >= 0.3 is 0 Å². The van der Waals surface area contributed by atoms with Crippen LogP contribution >= 0.6 is 0 Å².